The molecular formula is C16H20BrN3O4. The van der Waals surface area contributed by atoms with Crippen molar-refractivity contribution in [1.82, 2.24) is 10.6 Å². The predicted molar refractivity (Wildman–Crippen MR) is 93.2 cm³/mol. The van der Waals surface area contributed by atoms with Gasteiger partial charge < -0.3 is 20.6 Å². The van der Waals surface area contributed by atoms with Gasteiger partial charge in [0.15, 0.2) is 0 Å². The van der Waals surface area contributed by atoms with Gasteiger partial charge in [-0.2, -0.15) is 0 Å². The number of hydrogen-bond acceptors (Lipinski definition) is 4. The molecule has 1 saturated heterocycles. The van der Waals surface area contributed by atoms with Crippen LogP contribution in [0.4, 0.5) is 5.69 Å². The Morgan fingerprint density at radius 1 is 1.25 bits per heavy atom. The quantitative estimate of drug-likeness (QED) is 0.673. The van der Waals surface area contributed by atoms with E-state index in [2.05, 4.69) is 31.5 Å². The number of hydrogen-bond donors (Lipinski definition) is 3. The summed E-state index contributed by atoms with van der Waals surface area (Å²) in [4.78, 5) is 36.8. The van der Waals surface area contributed by atoms with E-state index in [0.717, 1.165) is 36.1 Å². The van der Waals surface area contributed by atoms with Crippen molar-refractivity contribution in [2.75, 3.05) is 24.5 Å². The maximum atomic E-state index is 12.2. The summed E-state index contributed by atoms with van der Waals surface area (Å²) in [5.74, 6) is -2.06. The van der Waals surface area contributed by atoms with E-state index in [1.54, 1.807) is 12.1 Å². The molecule has 0 unspecified atom stereocenters. The van der Waals surface area contributed by atoms with Gasteiger partial charge in [-0.15, -0.1) is 0 Å². The lowest BCUT2D eigenvalue weighted by Gasteiger charge is -2.19. The minimum atomic E-state index is -1.13. The van der Waals surface area contributed by atoms with E-state index in [4.69, 9.17) is 5.11 Å². The minimum absolute atomic E-state index is 0.276. The summed E-state index contributed by atoms with van der Waals surface area (Å²) in [7, 11) is 0. The van der Waals surface area contributed by atoms with Crippen LogP contribution in [0.5, 0.6) is 0 Å². The van der Waals surface area contributed by atoms with Crippen molar-refractivity contribution in [3.8, 4) is 0 Å². The van der Waals surface area contributed by atoms with Crippen molar-refractivity contribution in [2.45, 2.75) is 25.8 Å². The Hall–Kier alpha value is -2.09. The number of nitrogens with zero attached hydrogens (tertiary/aromatic N) is 1. The van der Waals surface area contributed by atoms with Gasteiger partial charge in [0.2, 0.25) is 5.91 Å². The monoisotopic (exact) mass is 397 g/mol. The lowest BCUT2D eigenvalue weighted by molar-refractivity contribution is -0.141. The molecule has 1 aromatic rings. The number of carboxylic acid groups (broad SMARTS) is 1. The second kappa shape index (κ2) is 8.14. The van der Waals surface area contributed by atoms with Crippen molar-refractivity contribution in [3.63, 3.8) is 0 Å². The first-order chi connectivity index (χ1) is 11.4. The number of nitrogens with one attached hydrogen (secondary N) is 2. The first-order valence-corrected chi connectivity index (χ1v) is 8.52. The lowest BCUT2D eigenvalue weighted by atomic mass is 10.1. The zero-order valence-corrected chi connectivity index (χ0v) is 14.9. The highest BCUT2D eigenvalue weighted by atomic mass is 79.9. The van der Waals surface area contributed by atoms with Gasteiger partial charge in [0.05, 0.1) is 6.54 Å². The van der Waals surface area contributed by atoms with Gasteiger partial charge in [0.25, 0.3) is 5.91 Å². The summed E-state index contributed by atoms with van der Waals surface area (Å²) < 4.78 is 0.793. The summed E-state index contributed by atoms with van der Waals surface area (Å²) in [6.45, 7) is 3.01. The number of halogens is 1. The summed E-state index contributed by atoms with van der Waals surface area (Å²) in [5.41, 5.74) is 1.42. The molecule has 1 aromatic carbocycles. The van der Waals surface area contributed by atoms with Crippen molar-refractivity contribution in [3.05, 3.63) is 28.2 Å². The molecule has 7 nitrogen and oxygen atoms in total. The molecule has 2 rings (SSSR count). The molecule has 0 spiro atoms. The van der Waals surface area contributed by atoms with E-state index in [0.29, 0.717) is 5.56 Å². The minimum Gasteiger partial charge on any atom is -0.480 e. The molecule has 0 aliphatic carbocycles. The van der Waals surface area contributed by atoms with E-state index in [1.807, 2.05) is 6.07 Å². The Balaban J connectivity index is 1.96. The number of anilines is 1. The normalized spacial score (nSPS) is 15.0. The van der Waals surface area contributed by atoms with Crippen LogP contribution in [0.2, 0.25) is 0 Å². The summed E-state index contributed by atoms with van der Waals surface area (Å²) >= 11 is 3.41. The molecule has 1 fully saturated rings. The third kappa shape index (κ3) is 4.95. The highest BCUT2D eigenvalue weighted by Gasteiger charge is 2.17. The number of carbonyl (C=O) groups is 3. The van der Waals surface area contributed by atoms with Crippen LogP contribution in [0.1, 0.15) is 30.1 Å². The zero-order valence-electron chi connectivity index (χ0n) is 13.3. The number of aliphatic carboxylic acids is 1. The third-order valence-corrected chi connectivity index (χ3v) is 4.23. The smallest absolute Gasteiger partial charge is 0.325 e. The fraction of sp³-hybridized carbons (Fsp3) is 0.438. The second-order valence-electron chi connectivity index (χ2n) is 5.70. The van der Waals surface area contributed by atoms with Crippen molar-refractivity contribution in [1.29, 1.82) is 0 Å². The van der Waals surface area contributed by atoms with E-state index < -0.39 is 17.9 Å². The first kappa shape index (κ1) is 18.3. The Kier molecular flexibility index (Phi) is 6.19. The molecule has 8 heteroatoms. The molecule has 1 heterocycles. The topological polar surface area (TPSA) is 98.7 Å². The van der Waals surface area contributed by atoms with E-state index in [-0.39, 0.29) is 12.5 Å². The van der Waals surface area contributed by atoms with Crippen molar-refractivity contribution in [2.24, 2.45) is 0 Å². The molecule has 0 saturated carbocycles. The Labute approximate surface area is 148 Å². The molecule has 1 aliphatic heterocycles. The number of carbonyl (C=O) groups excluding carboxylic acids is 2. The molecule has 0 bridgehead atoms. The average Bonchev–Trinajstić information content (AvgIpc) is 3.06. The Bertz CT molecular complexity index is 644. The van der Waals surface area contributed by atoms with E-state index in [1.165, 1.54) is 6.92 Å². The van der Waals surface area contributed by atoms with Gasteiger partial charge in [-0.05, 0) is 38.0 Å². The van der Waals surface area contributed by atoms with Crippen LogP contribution < -0.4 is 15.5 Å². The van der Waals surface area contributed by atoms with Gasteiger partial charge >= 0.3 is 5.97 Å². The number of carboxylic acids is 1. The van der Waals surface area contributed by atoms with Gasteiger partial charge in [-0.1, -0.05) is 15.9 Å². The van der Waals surface area contributed by atoms with Crippen molar-refractivity contribution >= 4 is 39.4 Å². The summed E-state index contributed by atoms with van der Waals surface area (Å²) in [6, 6.07) is 4.45. The second-order valence-corrected chi connectivity index (χ2v) is 6.62. The van der Waals surface area contributed by atoms with Gasteiger partial charge in [-0.25, -0.2) is 0 Å². The van der Waals surface area contributed by atoms with Gasteiger partial charge in [-0.3, -0.25) is 14.4 Å². The maximum absolute atomic E-state index is 12.2. The Morgan fingerprint density at radius 3 is 2.54 bits per heavy atom. The van der Waals surface area contributed by atoms with Gasteiger partial charge in [0.1, 0.15) is 6.04 Å². The molecule has 3 N–H and O–H groups in total. The maximum Gasteiger partial charge on any atom is 0.325 e. The van der Waals surface area contributed by atoms with Crippen molar-refractivity contribution < 1.29 is 19.5 Å². The van der Waals surface area contributed by atoms with E-state index >= 15 is 0 Å². The molecule has 1 atom stereocenters. The molecule has 130 valence electrons. The molecule has 24 heavy (non-hydrogen) atoms. The van der Waals surface area contributed by atoms with Gasteiger partial charge in [0, 0.05) is 28.8 Å². The van der Waals surface area contributed by atoms with Crippen LogP contribution in [-0.4, -0.2) is 48.6 Å². The molecule has 0 radical (unpaired) electrons. The molecule has 1 aliphatic rings. The lowest BCUT2D eigenvalue weighted by Crippen LogP contribution is -2.44. The molecular weight excluding hydrogens is 378 g/mol. The molecule has 2 amide bonds. The summed E-state index contributed by atoms with van der Waals surface area (Å²) in [6.07, 6.45) is 2.27. The SMILES string of the molecule is C[C@H](NC(=O)CNC(=O)c1cc(Br)cc(N2CCCC2)c1)C(=O)O. The standard InChI is InChI=1S/C16H20BrN3O4/c1-10(16(23)24)19-14(21)9-18-15(22)11-6-12(17)8-13(7-11)20-4-2-3-5-20/h6-8,10H,2-5,9H2,1H3,(H,18,22)(H,19,21)(H,23,24)/t10-/m0/s1. The van der Waals surface area contributed by atoms with Crippen LogP contribution in [0.3, 0.4) is 0 Å². The number of amides is 2. The Morgan fingerprint density at radius 2 is 1.92 bits per heavy atom. The fourth-order valence-corrected chi connectivity index (χ4v) is 2.96. The highest BCUT2D eigenvalue weighted by molar-refractivity contribution is 9.10. The number of rotatable bonds is 6. The predicted octanol–water partition coefficient (Wildman–Crippen LogP) is 1.37. The van der Waals surface area contributed by atoms with E-state index in [9.17, 15) is 14.4 Å². The van der Waals surface area contributed by atoms with Crippen LogP contribution in [-0.2, 0) is 9.59 Å². The molecule has 0 aromatic heterocycles. The fourth-order valence-electron chi connectivity index (χ4n) is 2.48. The summed E-state index contributed by atoms with van der Waals surface area (Å²) in [5, 5.41) is 13.5. The highest BCUT2D eigenvalue weighted by Crippen LogP contribution is 2.25. The van der Waals surface area contributed by atoms with Crippen LogP contribution in [0.15, 0.2) is 22.7 Å². The van der Waals surface area contributed by atoms with Crippen LogP contribution >= 0.6 is 15.9 Å². The largest absolute Gasteiger partial charge is 0.480 e. The first-order valence-electron chi connectivity index (χ1n) is 7.72. The number of benzene rings is 1. The third-order valence-electron chi connectivity index (χ3n) is 3.77. The average molecular weight is 398 g/mol. The van der Waals surface area contributed by atoms with Crippen LogP contribution in [0, 0.1) is 0 Å². The zero-order chi connectivity index (χ0) is 17.7. The van der Waals surface area contributed by atoms with Crippen LogP contribution in [0.25, 0.3) is 0 Å².